The van der Waals surface area contributed by atoms with Crippen LogP contribution in [0.5, 0.6) is 11.5 Å². The lowest BCUT2D eigenvalue weighted by Crippen LogP contribution is -2.46. The van der Waals surface area contributed by atoms with Crippen molar-refractivity contribution in [1.82, 2.24) is 15.1 Å². The van der Waals surface area contributed by atoms with Crippen molar-refractivity contribution in [1.29, 1.82) is 0 Å². The SMILES string of the molecule is COc1cccc(CN(CCN(C)C)C(=S)NC2CCCCCC2)c1OC. The van der Waals surface area contributed by atoms with E-state index in [4.69, 9.17) is 21.7 Å². The Morgan fingerprint density at radius 2 is 1.78 bits per heavy atom. The second-order valence-electron chi connectivity index (χ2n) is 7.52. The summed E-state index contributed by atoms with van der Waals surface area (Å²) in [6, 6.07) is 6.50. The Kier molecular flexibility index (Phi) is 9.15. The van der Waals surface area contributed by atoms with E-state index in [9.17, 15) is 0 Å². The van der Waals surface area contributed by atoms with Crippen molar-refractivity contribution in [2.75, 3.05) is 41.4 Å². The summed E-state index contributed by atoms with van der Waals surface area (Å²) in [6.45, 7) is 2.51. The van der Waals surface area contributed by atoms with Gasteiger partial charge in [-0.2, -0.15) is 0 Å². The van der Waals surface area contributed by atoms with Gasteiger partial charge >= 0.3 is 0 Å². The molecular formula is C21H35N3O2S. The zero-order chi connectivity index (χ0) is 19.6. The van der Waals surface area contributed by atoms with Gasteiger partial charge in [0.25, 0.3) is 0 Å². The highest BCUT2D eigenvalue weighted by molar-refractivity contribution is 7.80. The first kappa shape index (κ1) is 21.8. The first-order valence-corrected chi connectivity index (χ1v) is 10.4. The van der Waals surface area contributed by atoms with Gasteiger partial charge in [0.2, 0.25) is 0 Å². The molecule has 0 amide bonds. The number of nitrogens with one attached hydrogen (secondary N) is 1. The minimum absolute atomic E-state index is 0.495. The van der Waals surface area contributed by atoms with Crippen molar-refractivity contribution >= 4 is 17.3 Å². The van der Waals surface area contributed by atoms with Gasteiger partial charge in [0, 0.05) is 31.2 Å². The summed E-state index contributed by atoms with van der Waals surface area (Å²) >= 11 is 5.82. The Balaban J connectivity index is 2.12. The lowest BCUT2D eigenvalue weighted by atomic mass is 10.1. The highest BCUT2D eigenvalue weighted by Crippen LogP contribution is 2.31. The van der Waals surface area contributed by atoms with Crippen LogP contribution in [0, 0.1) is 0 Å². The van der Waals surface area contributed by atoms with Crippen LogP contribution in [-0.2, 0) is 6.54 Å². The minimum Gasteiger partial charge on any atom is -0.493 e. The van der Waals surface area contributed by atoms with Crippen molar-refractivity contribution in [3.05, 3.63) is 23.8 Å². The summed E-state index contributed by atoms with van der Waals surface area (Å²) in [5.41, 5.74) is 1.08. The van der Waals surface area contributed by atoms with Crippen LogP contribution >= 0.6 is 12.2 Å². The summed E-state index contributed by atoms with van der Waals surface area (Å²) in [6.07, 6.45) is 7.70. The lowest BCUT2D eigenvalue weighted by Gasteiger charge is -2.30. The Morgan fingerprint density at radius 3 is 2.37 bits per heavy atom. The normalized spacial score (nSPS) is 15.3. The number of para-hydroxylation sites is 1. The summed E-state index contributed by atoms with van der Waals surface area (Å²) in [4.78, 5) is 4.43. The van der Waals surface area contributed by atoms with Crippen LogP contribution in [0.25, 0.3) is 0 Å². The zero-order valence-corrected chi connectivity index (χ0v) is 18.1. The van der Waals surface area contributed by atoms with Crippen LogP contribution < -0.4 is 14.8 Å². The van der Waals surface area contributed by atoms with Crippen molar-refractivity contribution in [3.8, 4) is 11.5 Å². The van der Waals surface area contributed by atoms with E-state index in [2.05, 4.69) is 35.3 Å². The predicted octanol–water partition coefficient (Wildman–Crippen LogP) is 3.66. The monoisotopic (exact) mass is 393 g/mol. The summed E-state index contributed by atoms with van der Waals surface area (Å²) in [5.74, 6) is 1.54. The third kappa shape index (κ3) is 6.85. The highest BCUT2D eigenvalue weighted by atomic mass is 32.1. The summed E-state index contributed by atoms with van der Waals surface area (Å²) in [5, 5.41) is 4.48. The number of ether oxygens (including phenoxy) is 2. The first-order valence-electron chi connectivity index (χ1n) is 9.95. The highest BCUT2D eigenvalue weighted by Gasteiger charge is 2.19. The second kappa shape index (κ2) is 11.3. The summed E-state index contributed by atoms with van der Waals surface area (Å²) < 4.78 is 11.1. The molecule has 152 valence electrons. The summed E-state index contributed by atoms with van der Waals surface area (Å²) in [7, 11) is 7.54. The van der Waals surface area contributed by atoms with E-state index in [1.54, 1.807) is 14.2 Å². The van der Waals surface area contributed by atoms with Gasteiger partial charge in [-0.1, -0.05) is 37.8 Å². The molecule has 2 rings (SSSR count). The van der Waals surface area contributed by atoms with Gasteiger partial charge in [0.15, 0.2) is 16.6 Å². The molecule has 1 aromatic rings. The van der Waals surface area contributed by atoms with Gasteiger partial charge in [0.1, 0.15) is 0 Å². The number of thiocarbonyl (C=S) groups is 1. The van der Waals surface area contributed by atoms with Gasteiger partial charge in [0.05, 0.1) is 14.2 Å². The lowest BCUT2D eigenvalue weighted by molar-refractivity contribution is 0.309. The fraction of sp³-hybridized carbons (Fsp3) is 0.667. The third-order valence-electron chi connectivity index (χ3n) is 5.13. The zero-order valence-electron chi connectivity index (χ0n) is 17.3. The molecular weight excluding hydrogens is 358 g/mol. The largest absolute Gasteiger partial charge is 0.493 e. The minimum atomic E-state index is 0.495. The fourth-order valence-electron chi connectivity index (χ4n) is 3.55. The van der Waals surface area contributed by atoms with Crippen LogP contribution in [0.4, 0.5) is 0 Å². The van der Waals surface area contributed by atoms with Crippen molar-refractivity contribution in [2.45, 2.75) is 51.1 Å². The molecule has 0 aliphatic heterocycles. The standard InChI is InChI=1S/C21H35N3O2S/c1-23(2)14-15-24(21(27)22-18-11-7-5-6-8-12-18)16-17-10-9-13-19(25-3)20(17)26-4/h9-10,13,18H,5-8,11-12,14-16H2,1-4H3,(H,22,27). The molecule has 1 saturated carbocycles. The molecule has 1 fully saturated rings. The molecule has 0 atom stereocenters. The van der Waals surface area contributed by atoms with Crippen LogP contribution in [0.1, 0.15) is 44.1 Å². The van der Waals surface area contributed by atoms with Gasteiger partial charge in [-0.25, -0.2) is 0 Å². The van der Waals surface area contributed by atoms with Gasteiger partial charge < -0.3 is 24.6 Å². The van der Waals surface area contributed by atoms with E-state index < -0.39 is 0 Å². The van der Waals surface area contributed by atoms with Gasteiger partial charge in [-0.05, 0) is 45.2 Å². The number of rotatable bonds is 8. The van der Waals surface area contributed by atoms with Crippen LogP contribution in [0.3, 0.4) is 0 Å². The van der Waals surface area contributed by atoms with E-state index in [0.717, 1.165) is 35.3 Å². The van der Waals surface area contributed by atoms with E-state index in [1.807, 2.05) is 12.1 Å². The van der Waals surface area contributed by atoms with Crippen LogP contribution in [0.2, 0.25) is 0 Å². The molecule has 6 heteroatoms. The molecule has 0 aromatic heterocycles. The van der Waals surface area contributed by atoms with Gasteiger partial charge in [-0.15, -0.1) is 0 Å². The smallest absolute Gasteiger partial charge is 0.169 e. The average Bonchev–Trinajstić information content (AvgIpc) is 2.93. The number of nitrogens with zero attached hydrogens (tertiary/aromatic N) is 2. The molecule has 0 saturated heterocycles. The molecule has 5 nitrogen and oxygen atoms in total. The topological polar surface area (TPSA) is 37.0 Å². The molecule has 0 unspecified atom stereocenters. The maximum atomic E-state index is 5.82. The molecule has 1 aromatic carbocycles. The Labute approximate surface area is 170 Å². The van der Waals surface area contributed by atoms with Crippen LogP contribution in [0.15, 0.2) is 18.2 Å². The maximum absolute atomic E-state index is 5.82. The Bertz CT molecular complexity index is 587. The van der Waals surface area contributed by atoms with E-state index in [1.165, 1.54) is 38.5 Å². The average molecular weight is 394 g/mol. The first-order chi connectivity index (χ1) is 13.0. The molecule has 0 radical (unpaired) electrons. The number of hydrogen-bond acceptors (Lipinski definition) is 4. The van der Waals surface area contributed by atoms with Gasteiger partial charge in [-0.3, -0.25) is 0 Å². The second-order valence-corrected chi connectivity index (χ2v) is 7.90. The predicted molar refractivity (Wildman–Crippen MR) is 116 cm³/mol. The molecule has 0 spiro atoms. The molecule has 0 heterocycles. The third-order valence-corrected chi connectivity index (χ3v) is 5.51. The fourth-order valence-corrected chi connectivity index (χ4v) is 3.87. The maximum Gasteiger partial charge on any atom is 0.169 e. The molecule has 1 aliphatic rings. The van der Waals surface area contributed by atoms with E-state index >= 15 is 0 Å². The molecule has 0 bridgehead atoms. The number of benzene rings is 1. The van der Waals surface area contributed by atoms with Crippen LogP contribution in [-0.4, -0.2) is 62.4 Å². The van der Waals surface area contributed by atoms with E-state index in [0.29, 0.717) is 12.6 Å². The number of likely N-dealkylation sites (N-methyl/N-ethyl adjacent to an activating group) is 1. The Morgan fingerprint density at radius 1 is 1.07 bits per heavy atom. The Hall–Kier alpha value is -1.53. The number of methoxy groups -OCH3 is 2. The quantitative estimate of drug-likeness (QED) is 0.537. The molecule has 27 heavy (non-hydrogen) atoms. The molecule has 1 N–H and O–H groups in total. The van der Waals surface area contributed by atoms with Crippen molar-refractivity contribution in [2.24, 2.45) is 0 Å². The van der Waals surface area contributed by atoms with Crippen molar-refractivity contribution in [3.63, 3.8) is 0 Å². The van der Waals surface area contributed by atoms with Crippen molar-refractivity contribution < 1.29 is 9.47 Å². The number of hydrogen-bond donors (Lipinski definition) is 1. The van der Waals surface area contributed by atoms with E-state index in [-0.39, 0.29) is 0 Å². The molecule has 1 aliphatic carbocycles.